The third-order valence-electron chi connectivity index (χ3n) is 4.01. The quantitative estimate of drug-likeness (QED) is 0.741. The van der Waals surface area contributed by atoms with Crippen molar-refractivity contribution in [2.75, 3.05) is 6.61 Å². The van der Waals surface area contributed by atoms with Crippen LogP contribution in [0.1, 0.15) is 11.3 Å². The maximum atomic E-state index is 12.5. The van der Waals surface area contributed by atoms with E-state index in [1.807, 2.05) is 24.3 Å². The number of fused-ring (bicyclic) bond motifs is 2. The smallest absolute Gasteiger partial charge is 0.246 e. The first kappa shape index (κ1) is 13.9. The molecule has 1 aliphatic rings. The summed E-state index contributed by atoms with van der Waals surface area (Å²) in [6.45, 7) is 1.65. The van der Waals surface area contributed by atoms with Crippen LogP contribution in [0.5, 0.6) is 0 Å². The van der Waals surface area contributed by atoms with Crippen LogP contribution >= 0.6 is 0 Å². The number of hydrogen-bond acceptors (Lipinski definition) is 5. The minimum atomic E-state index is -0.0305. The van der Waals surface area contributed by atoms with E-state index in [9.17, 15) is 4.79 Å². The topological polar surface area (TPSA) is 89.1 Å². The second-order valence-electron chi connectivity index (χ2n) is 5.53. The fourth-order valence-electron chi connectivity index (χ4n) is 2.87. The zero-order valence-corrected chi connectivity index (χ0v) is 12.5. The first-order valence-electron chi connectivity index (χ1n) is 7.46. The maximum Gasteiger partial charge on any atom is 0.246 e. The van der Waals surface area contributed by atoms with Gasteiger partial charge in [0, 0.05) is 12.1 Å². The van der Waals surface area contributed by atoms with Crippen LogP contribution in [0, 0.1) is 0 Å². The Bertz CT molecular complexity index is 835. The molecule has 1 aliphatic heterocycles. The Morgan fingerprint density at radius 2 is 1.91 bits per heavy atom. The van der Waals surface area contributed by atoms with Crippen molar-refractivity contribution in [1.29, 1.82) is 0 Å². The van der Waals surface area contributed by atoms with E-state index in [2.05, 4.69) is 15.3 Å². The predicted octanol–water partition coefficient (Wildman–Crippen LogP) is 0.162. The molecule has 1 N–H and O–H groups in total. The second kappa shape index (κ2) is 5.47. The first-order chi connectivity index (χ1) is 11.2. The Hall–Kier alpha value is -2.74. The van der Waals surface area contributed by atoms with Crippen LogP contribution in [0.25, 0.3) is 11.0 Å². The summed E-state index contributed by atoms with van der Waals surface area (Å²) in [5.74, 6) is -0.0305. The van der Waals surface area contributed by atoms with E-state index < -0.39 is 0 Å². The van der Waals surface area contributed by atoms with Crippen molar-refractivity contribution in [3.8, 4) is 0 Å². The third kappa shape index (κ3) is 2.46. The molecule has 0 spiro atoms. The number of carbonyl (C=O) groups is 1. The molecule has 1 amide bonds. The van der Waals surface area contributed by atoms with E-state index in [4.69, 9.17) is 5.11 Å². The summed E-state index contributed by atoms with van der Waals surface area (Å²) in [6.07, 6.45) is 1.76. The molecule has 0 aliphatic carbocycles. The van der Waals surface area contributed by atoms with Gasteiger partial charge in [0.2, 0.25) is 5.91 Å². The molecule has 0 saturated heterocycles. The molecule has 2 aromatic heterocycles. The molecule has 4 rings (SSSR count). The molecule has 1 aromatic carbocycles. The average molecular weight is 312 g/mol. The molecule has 3 heterocycles. The number of rotatable bonds is 4. The van der Waals surface area contributed by atoms with Crippen molar-refractivity contribution < 1.29 is 9.90 Å². The summed E-state index contributed by atoms with van der Waals surface area (Å²) in [6, 6.07) is 7.54. The SMILES string of the molecule is O=C(Cn1nc2ccccc2n1)N1Cc2cnn(CCO)c2C1. The van der Waals surface area contributed by atoms with Crippen LogP contribution in [0.2, 0.25) is 0 Å². The lowest BCUT2D eigenvalue weighted by Crippen LogP contribution is -2.30. The maximum absolute atomic E-state index is 12.5. The minimum Gasteiger partial charge on any atom is -0.394 e. The lowest BCUT2D eigenvalue weighted by Gasteiger charge is -2.15. The Balaban J connectivity index is 1.48. The molecule has 23 heavy (non-hydrogen) atoms. The van der Waals surface area contributed by atoms with Crippen LogP contribution in [-0.4, -0.2) is 47.3 Å². The highest BCUT2D eigenvalue weighted by atomic mass is 16.3. The minimum absolute atomic E-state index is 0.0305. The predicted molar refractivity (Wildman–Crippen MR) is 81.1 cm³/mol. The van der Waals surface area contributed by atoms with Gasteiger partial charge < -0.3 is 10.0 Å². The molecule has 8 heteroatoms. The third-order valence-corrected chi connectivity index (χ3v) is 4.01. The van der Waals surface area contributed by atoms with Gasteiger partial charge in [0.1, 0.15) is 17.6 Å². The van der Waals surface area contributed by atoms with Crippen LogP contribution < -0.4 is 0 Å². The molecule has 118 valence electrons. The van der Waals surface area contributed by atoms with Crippen molar-refractivity contribution >= 4 is 16.9 Å². The van der Waals surface area contributed by atoms with E-state index in [0.717, 1.165) is 22.3 Å². The van der Waals surface area contributed by atoms with Crippen LogP contribution in [0.15, 0.2) is 30.5 Å². The molecule has 3 aromatic rings. The van der Waals surface area contributed by atoms with Crippen LogP contribution in [0.4, 0.5) is 0 Å². The molecule has 0 atom stereocenters. The van der Waals surface area contributed by atoms with E-state index in [1.54, 1.807) is 15.8 Å². The number of hydrogen-bond donors (Lipinski definition) is 1. The van der Waals surface area contributed by atoms with Gasteiger partial charge in [-0.05, 0) is 12.1 Å². The fourth-order valence-corrected chi connectivity index (χ4v) is 2.87. The van der Waals surface area contributed by atoms with E-state index in [1.165, 1.54) is 4.80 Å². The molecular formula is C15H16N6O2. The van der Waals surface area contributed by atoms with Crippen molar-refractivity contribution in [2.45, 2.75) is 26.2 Å². The van der Waals surface area contributed by atoms with Gasteiger partial charge in [0.05, 0.1) is 31.6 Å². The number of amides is 1. The zero-order chi connectivity index (χ0) is 15.8. The molecule has 0 saturated carbocycles. The average Bonchev–Trinajstić information content (AvgIpc) is 3.21. The Morgan fingerprint density at radius 3 is 2.61 bits per heavy atom. The van der Waals surface area contributed by atoms with E-state index in [0.29, 0.717) is 19.6 Å². The highest BCUT2D eigenvalue weighted by Crippen LogP contribution is 2.22. The summed E-state index contributed by atoms with van der Waals surface area (Å²) in [7, 11) is 0. The van der Waals surface area contributed by atoms with Crippen molar-refractivity contribution in [3.63, 3.8) is 0 Å². The van der Waals surface area contributed by atoms with E-state index >= 15 is 0 Å². The summed E-state index contributed by atoms with van der Waals surface area (Å²) in [5, 5.41) is 21.9. The lowest BCUT2D eigenvalue weighted by molar-refractivity contribution is -0.132. The summed E-state index contributed by atoms with van der Waals surface area (Å²) in [4.78, 5) is 15.7. The lowest BCUT2D eigenvalue weighted by atomic mass is 10.3. The number of benzene rings is 1. The number of carbonyl (C=O) groups excluding carboxylic acids is 1. The summed E-state index contributed by atoms with van der Waals surface area (Å²) < 4.78 is 1.75. The van der Waals surface area contributed by atoms with E-state index in [-0.39, 0.29) is 19.1 Å². The van der Waals surface area contributed by atoms with Gasteiger partial charge >= 0.3 is 0 Å². The number of nitrogens with zero attached hydrogens (tertiary/aromatic N) is 6. The normalized spacial score (nSPS) is 13.7. The van der Waals surface area contributed by atoms with Crippen molar-refractivity contribution in [3.05, 3.63) is 41.7 Å². The monoisotopic (exact) mass is 312 g/mol. The van der Waals surface area contributed by atoms with Crippen molar-refractivity contribution in [1.82, 2.24) is 29.7 Å². The van der Waals surface area contributed by atoms with Gasteiger partial charge in [-0.15, -0.1) is 0 Å². The molecule has 0 unspecified atom stereocenters. The van der Waals surface area contributed by atoms with Gasteiger partial charge in [-0.2, -0.15) is 20.1 Å². The van der Waals surface area contributed by atoms with Crippen molar-refractivity contribution in [2.24, 2.45) is 0 Å². The molecule has 8 nitrogen and oxygen atoms in total. The van der Waals surface area contributed by atoms with Gasteiger partial charge in [-0.3, -0.25) is 9.48 Å². The Kier molecular flexibility index (Phi) is 3.30. The number of aromatic nitrogens is 5. The van der Waals surface area contributed by atoms with Gasteiger partial charge in [0.15, 0.2) is 0 Å². The Morgan fingerprint density at radius 1 is 1.17 bits per heavy atom. The molecular weight excluding hydrogens is 296 g/mol. The first-order valence-corrected chi connectivity index (χ1v) is 7.46. The van der Waals surface area contributed by atoms with Gasteiger partial charge in [0.25, 0.3) is 0 Å². The summed E-state index contributed by atoms with van der Waals surface area (Å²) >= 11 is 0. The fraction of sp³-hybridized carbons (Fsp3) is 0.333. The highest BCUT2D eigenvalue weighted by molar-refractivity contribution is 5.77. The summed E-state index contributed by atoms with van der Waals surface area (Å²) in [5.41, 5.74) is 3.59. The molecule has 0 fully saturated rings. The second-order valence-corrected chi connectivity index (χ2v) is 5.53. The largest absolute Gasteiger partial charge is 0.394 e. The molecule has 0 radical (unpaired) electrons. The Labute approximate surface area is 131 Å². The zero-order valence-electron chi connectivity index (χ0n) is 12.5. The highest BCUT2D eigenvalue weighted by Gasteiger charge is 2.27. The van der Waals surface area contributed by atoms with Crippen LogP contribution in [-0.2, 0) is 31.0 Å². The standard InChI is InChI=1S/C15H16N6O2/c22-6-5-20-14-9-19(8-11(14)7-16-20)15(23)10-21-17-12-3-1-2-4-13(12)18-21/h1-4,7,22H,5-6,8-10H2. The van der Waals surface area contributed by atoms with Gasteiger partial charge in [-0.1, -0.05) is 12.1 Å². The van der Waals surface area contributed by atoms with Crippen LogP contribution in [0.3, 0.4) is 0 Å². The van der Waals surface area contributed by atoms with Gasteiger partial charge in [-0.25, -0.2) is 0 Å². The molecule has 0 bridgehead atoms. The number of aliphatic hydroxyl groups excluding tert-OH is 1. The number of aliphatic hydroxyl groups is 1.